The Balaban J connectivity index is 2.77. The van der Waals surface area contributed by atoms with E-state index in [1.807, 2.05) is 19.9 Å². The van der Waals surface area contributed by atoms with Gasteiger partial charge in [0, 0.05) is 0 Å². The number of hydrogen-bond donors (Lipinski definition) is 0. The lowest BCUT2D eigenvalue weighted by Gasteiger charge is -1.98. The molecule has 0 amide bonds. The standard InChI is InChI=1S/C10H14O3S/c1-4-5-13-8-6-7(2)9(14-8)10(11)12-3/h6H,4-5H2,1-3H3. The van der Waals surface area contributed by atoms with E-state index in [1.54, 1.807) is 0 Å². The maximum atomic E-state index is 11.3. The van der Waals surface area contributed by atoms with Crippen molar-refractivity contribution in [2.24, 2.45) is 0 Å². The Labute approximate surface area is 87.7 Å². The van der Waals surface area contributed by atoms with Gasteiger partial charge in [0.2, 0.25) is 0 Å². The summed E-state index contributed by atoms with van der Waals surface area (Å²) in [6.07, 6.45) is 0.963. The van der Waals surface area contributed by atoms with Gasteiger partial charge in [-0.05, 0) is 25.0 Å². The van der Waals surface area contributed by atoms with Gasteiger partial charge in [0.05, 0.1) is 13.7 Å². The highest BCUT2D eigenvalue weighted by molar-refractivity contribution is 7.15. The first-order chi connectivity index (χ1) is 6.69. The lowest BCUT2D eigenvalue weighted by molar-refractivity contribution is 0.0605. The monoisotopic (exact) mass is 214 g/mol. The number of esters is 1. The van der Waals surface area contributed by atoms with Crippen LogP contribution in [0.3, 0.4) is 0 Å². The van der Waals surface area contributed by atoms with E-state index in [0.717, 1.165) is 17.0 Å². The van der Waals surface area contributed by atoms with E-state index in [-0.39, 0.29) is 5.97 Å². The molecule has 0 unspecified atom stereocenters. The largest absolute Gasteiger partial charge is 0.484 e. The molecular formula is C10H14O3S. The van der Waals surface area contributed by atoms with Crippen LogP contribution in [0.5, 0.6) is 5.06 Å². The molecular weight excluding hydrogens is 200 g/mol. The SMILES string of the molecule is CCCOc1cc(C)c(C(=O)OC)s1. The molecule has 1 rings (SSSR count). The molecule has 0 fully saturated rings. The number of ether oxygens (including phenoxy) is 2. The Morgan fingerprint density at radius 1 is 1.57 bits per heavy atom. The zero-order chi connectivity index (χ0) is 10.6. The Kier molecular flexibility index (Phi) is 3.95. The second-order valence-corrected chi connectivity index (χ2v) is 3.93. The minimum absolute atomic E-state index is 0.293. The third-order valence-electron chi connectivity index (χ3n) is 1.71. The number of carbonyl (C=O) groups is 1. The van der Waals surface area contributed by atoms with E-state index in [9.17, 15) is 4.79 Å². The van der Waals surface area contributed by atoms with Crippen LogP contribution in [0.25, 0.3) is 0 Å². The van der Waals surface area contributed by atoms with Crippen LogP contribution in [0, 0.1) is 6.92 Å². The summed E-state index contributed by atoms with van der Waals surface area (Å²) in [4.78, 5) is 11.9. The summed E-state index contributed by atoms with van der Waals surface area (Å²) in [5, 5.41) is 0.782. The molecule has 0 aliphatic rings. The van der Waals surface area contributed by atoms with Crippen molar-refractivity contribution >= 4 is 17.3 Å². The molecule has 1 aromatic heterocycles. The predicted molar refractivity (Wildman–Crippen MR) is 56.2 cm³/mol. The first kappa shape index (κ1) is 11.0. The molecule has 3 nitrogen and oxygen atoms in total. The van der Waals surface area contributed by atoms with Crippen LogP contribution in [0.15, 0.2) is 6.07 Å². The lowest BCUT2D eigenvalue weighted by atomic mass is 10.3. The molecule has 14 heavy (non-hydrogen) atoms. The molecule has 0 aromatic carbocycles. The van der Waals surface area contributed by atoms with E-state index < -0.39 is 0 Å². The van der Waals surface area contributed by atoms with Crippen molar-refractivity contribution in [3.05, 3.63) is 16.5 Å². The van der Waals surface area contributed by atoms with E-state index in [2.05, 4.69) is 4.74 Å². The Morgan fingerprint density at radius 3 is 2.86 bits per heavy atom. The fourth-order valence-electron chi connectivity index (χ4n) is 1.02. The highest BCUT2D eigenvalue weighted by Gasteiger charge is 2.14. The van der Waals surface area contributed by atoms with Crippen LogP contribution in [-0.2, 0) is 4.74 Å². The van der Waals surface area contributed by atoms with Crippen molar-refractivity contribution in [3.63, 3.8) is 0 Å². The predicted octanol–water partition coefficient (Wildman–Crippen LogP) is 2.63. The van der Waals surface area contributed by atoms with E-state index in [4.69, 9.17) is 4.74 Å². The van der Waals surface area contributed by atoms with Gasteiger partial charge in [-0.15, -0.1) is 0 Å². The first-order valence-electron chi connectivity index (χ1n) is 4.50. The molecule has 0 radical (unpaired) electrons. The quantitative estimate of drug-likeness (QED) is 0.723. The number of aryl methyl sites for hydroxylation is 1. The summed E-state index contributed by atoms with van der Waals surface area (Å²) in [6, 6.07) is 1.87. The highest BCUT2D eigenvalue weighted by Crippen LogP contribution is 2.29. The average Bonchev–Trinajstić information content (AvgIpc) is 2.55. The summed E-state index contributed by atoms with van der Waals surface area (Å²) >= 11 is 1.34. The zero-order valence-electron chi connectivity index (χ0n) is 8.62. The number of rotatable bonds is 4. The zero-order valence-corrected chi connectivity index (χ0v) is 9.44. The van der Waals surface area contributed by atoms with Gasteiger partial charge in [-0.3, -0.25) is 0 Å². The number of carbonyl (C=O) groups excluding carboxylic acids is 1. The summed E-state index contributed by atoms with van der Waals surface area (Å²) < 4.78 is 10.1. The summed E-state index contributed by atoms with van der Waals surface area (Å²) in [7, 11) is 1.38. The van der Waals surface area contributed by atoms with Gasteiger partial charge >= 0.3 is 5.97 Å². The van der Waals surface area contributed by atoms with Crippen LogP contribution in [0.1, 0.15) is 28.6 Å². The van der Waals surface area contributed by atoms with Gasteiger partial charge < -0.3 is 9.47 Å². The summed E-state index contributed by atoms with van der Waals surface area (Å²) in [5.74, 6) is -0.293. The van der Waals surface area contributed by atoms with Gasteiger partial charge in [-0.25, -0.2) is 4.79 Å². The molecule has 0 N–H and O–H groups in total. The van der Waals surface area contributed by atoms with E-state index in [0.29, 0.717) is 11.5 Å². The Hall–Kier alpha value is -1.03. The average molecular weight is 214 g/mol. The fourth-order valence-corrected chi connectivity index (χ4v) is 1.99. The van der Waals surface area contributed by atoms with Gasteiger partial charge in [0.1, 0.15) is 4.88 Å². The van der Waals surface area contributed by atoms with Crippen molar-refractivity contribution in [1.29, 1.82) is 0 Å². The van der Waals surface area contributed by atoms with E-state index in [1.165, 1.54) is 18.4 Å². The van der Waals surface area contributed by atoms with Crippen LogP contribution < -0.4 is 4.74 Å². The molecule has 0 spiro atoms. The molecule has 0 aliphatic heterocycles. The van der Waals surface area contributed by atoms with Crippen LogP contribution in [0.2, 0.25) is 0 Å². The molecule has 78 valence electrons. The topological polar surface area (TPSA) is 35.5 Å². The number of thiophene rings is 1. The minimum Gasteiger partial charge on any atom is -0.484 e. The van der Waals surface area contributed by atoms with Crippen LogP contribution in [0.4, 0.5) is 0 Å². The second-order valence-electron chi connectivity index (χ2n) is 2.92. The van der Waals surface area contributed by atoms with Gasteiger partial charge in [0.25, 0.3) is 0 Å². The maximum Gasteiger partial charge on any atom is 0.348 e. The first-order valence-corrected chi connectivity index (χ1v) is 5.32. The van der Waals surface area contributed by atoms with Gasteiger partial charge in [0.15, 0.2) is 5.06 Å². The Morgan fingerprint density at radius 2 is 2.29 bits per heavy atom. The Bertz CT molecular complexity index is 317. The molecule has 0 atom stereocenters. The minimum atomic E-state index is -0.293. The smallest absolute Gasteiger partial charge is 0.348 e. The van der Waals surface area contributed by atoms with E-state index >= 15 is 0 Å². The second kappa shape index (κ2) is 5.00. The highest BCUT2D eigenvalue weighted by atomic mass is 32.1. The fraction of sp³-hybridized carbons (Fsp3) is 0.500. The van der Waals surface area contributed by atoms with Crippen molar-refractivity contribution in [1.82, 2.24) is 0 Å². The summed E-state index contributed by atoms with van der Waals surface area (Å²) in [6.45, 7) is 4.60. The molecule has 1 aromatic rings. The van der Waals surface area contributed by atoms with Gasteiger partial charge in [-0.2, -0.15) is 0 Å². The molecule has 1 heterocycles. The molecule has 0 saturated carbocycles. The van der Waals surface area contributed by atoms with Crippen molar-refractivity contribution in [2.45, 2.75) is 20.3 Å². The van der Waals surface area contributed by atoms with Gasteiger partial charge in [-0.1, -0.05) is 18.3 Å². The normalized spacial score (nSPS) is 9.93. The van der Waals surface area contributed by atoms with Crippen molar-refractivity contribution in [2.75, 3.05) is 13.7 Å². The number of hydrogen-bond acceptors (Lipinski definition) is 4. The maximum absolute atomic E-state index is 11.3. The summed E-state index contributed by atoms with van der Waals surface area (Å²) in [5.41, 5.74) is 0.910. The third kappa shape index (κ3) is 2.48. The molecule has 4 heteroatoms. The molecule has 0 saturated heterocycles. The lowest BCUT2D eigenvalue weighted by Crippen LogP contribution is -1.99. The van der Waals surface area contributed by atoms with Crippen LogP contribution in [-0.4, -0.2) is 19.7 Å². The van der Waals surface area contributed by atoms with Crippen molar-refractivity contribution in [3.8, 4) is 5.06 Å². The third-order valence-corrected chi connectivity index (χ3v) is 2.84. The number of methoxy groups -OCH3 is 1. The molecule has 0 aliphatic carbocycles. The van der Waals surface area contributed by atoms with Crippen molar-refractivity contribution < 1.29 is 14.3 Å². The van der Waals surface area contributed by atoms with Crippen LogP contribution >= 0.6 is 11.3 Å². The molecule has 0 bridgehead atoms.